The third-order valence-corrected chi connectivity index (χ3v) is 2.30. The number of carboxylic acid groups (broad SMARTS) is 3. The average molecular weight is 370 g/mol. The van der Waals surface area contributed by atoms with Crippen LogP contribution < -0.4 is 115 Å². The first-order valence-electron chi connectivity index (χ1n) is 5.81. The Morgan fingerprint density at radius 2 is 1.33 bits per heavy atom. The Morgan fingerprint density at radius 1 is 0.833 bits per heavy atom. The molecule has 0 heterocycles. The first-order chi connectivity index (χ1) is 9.63. The van der Waals surface area contributed by atoms with Gasteiger partial charge in [0.05, 0.1) is 12.0 Å². The fraction of sp³-hybridized carbons (Fsp3) is 0.545. The van der Waals surface area contributed by atoms with E-state index in [-0.39, 0.29) is 88.7 Å². The van der Waals surface area contributed by atoms with Gasteiger partial charge in [-0.05, 0) is 12.8 Å². The van der Waals surface area contributed by atoms with Crippen LogP contribution in [-0.4, -0.2) is 41.8 Å². The van der Waals surface area contributed by atoms with E-state index in [2.05, 4.69) is 0 Å². The molecule has 0 saturated carbocycles. The Morgan fingerprint density at radius 3 is 1.67 bits per heavy atom. The van der Waals surface area contributed by atoms with Gasteiger partial charge in [0.2, 0.25) is 11.8 Å². The predicted molar refractivity (Wildman–Crippen MR) is 58.4 cm³/mol. The van der Waals surface area contributed by atoms with Gasteiger partial charge < -0.3 is 40.3 Å². The second-order valence-electron chi connectivity index (χ2n) is 4.12. The van der Waals surface area contributed by atoms with Crippen molar-refractivity contribution in [2.45, 2.75) is 38.3 Å². The molecule has 24 heavy (non-hydrogen) atoms. The molecule has 0 aromatic rings. The van der Waals surface area contributed by atoms with E-state index in [1.54, 1.807) is 0 Å². The molecule has 10 nitrogen and oxygen atoms in total. The van der Waals surface area contributed by atoms with E-state index in [1.165, 1.54) is 0 Å². The second kappa shape index (κ2) is 16.8. The molecule has 0 radical (unpaired) electrons. The Hall–Kier alpha value is 0.350. The SMILES string of the molecule is CC(=O)N[C@@H](CC(=O)[O-])C(=O)N[C@@H](CCC(=O)[O-])C(=O)[O-].[Na+].[Na+].[Na+]. The molecule has 0 aromatic heterocycles. The minimum atomic E-state index is -1.75. The largest absolute Gasteiger partial charge is 1.00 e. The minimum Gasteiger partial charge on any atom is -0.550 e. The van der Waals surface area contributed by atoms with Crippen molar-refractivity contribution in [2.75, 3.05) is 0 Å². The fourth-order valence-corrected chi connectivity index (χ4v) is 1.40. The number of carbonyl (C=O) groups excluding carboxylic acids is 5. The molecule has 2 atom stereocenters. The molecular formula is C11H13N2Na3O8. The zero-order chi connectivity index (χ0) is 16.6. The fourth-order valence-electron chi connectivity index (χ4n) is 1.40. The normalized spacial score (nSPS) is 11.2. The molecule has 0 bridgehead atoms. The molecule has 0 aliphatic carbocycles. The van der Waals surface area contributed by atoms with Crippen molar-refractivity contribution in [1.82, 2.24) is 10.6 Å². The van der Waals surface area contributed by atoms with Crippen LogP contribution in [0.5, 0.6) is 0 Å². The van der Waals surface area contributed by atoms with Crippen molar-refractivity contribution in [3.8, 4) is 0 Å². The van der Waals surface area contributed by atoms with E-state index in [4.69, 9.17) is 0 Å². The third kappa shape index (κ3) is 15.9. The van der Waals surface area contributed by atoms with Gasteiger partial charge in [0.25, 0.3) is 0 Å². The molecule has 2 amide bonds. The average Bonchev–Trinajstić information content (AvgIpc) is 2.31. The Kier molecular flexibility index (Phi) is 22.4. The van der Waals surface area contributed by atoms with Gasteiger partial charge in [-0.15, -0.1) is 0 Å². The number of carboxylic acids is 3. The van der Waals surface area contributed by atoms with Gasteiger partial charge >= 0.3 is 88.7 Å². The Bertz CT molecular complexity index is 445. The standard InChI is InChI=1S/C11H16N2O8.3Na/c1-5(14)12-7(4-9(17)18)10(19)13-6(11(20)21)2-3-8(15)16;;;/h6-7H,2-4H2,1H3,(H,12,14)(H,13,19)(H,15,16)(H,17,18)(H,20,21);;;/q;3*+1/p-3/t6-,7-;;;/m0.../s1. The Balaban J connectivity index is -0.000000667. The van der Waals surface area contributed by atoms with Crippen molar-refractivity contribution in [2.24, 2.45) is 0 Å². The number of hydrogen-bond donors (Lipinski definition) is 2. The van der Waals surface area contributed by atoms with Crippen LogP contribution in [0.15, 0.2) is 0 Å². The van der Waals surface area contributed by atoms with E-state index in [1.807, 2.05) is 10.6 Å². The smallest absolute Gasteiger partial charge is 0.550 e. The van der Waals surface area contributed by atoms with Gasteiger partial charge in [-0.2, -0.15) is 0 Å². The molecule has 0 rings (SSSR count). The predicted octanol–water partition coefficient (Wildman–Crippen LogP) is -14.6. The molecule has 118 valence electrons. The maximum atomic E-state index is 11.7. The summed E-state index contributed by atoms with van der Waals surface area (Å²) in [5.74, 6) is -6.73. The van der Waals surface area contributed by atoms with Crippen LogP contribution in [0.1, 0.15) is 26.2 Å². The first-order valence-corrected chi connectivity index (χ1v) is 5.81. The maximum Gasteiger partial charge on any atom is 1.00 e. The molecule has 0 aliphatic rings. The summed E-state index contributed by atoms with van der Waals surface area (Å²) in [6, 6.07) is -3.20. The van der Waals surface area contributed by atoms with E-state index >= 15 is 0 Å². The van der Waals surface area contributed by atoms with Crippen molar-refractivity contribution in [3.63, 3.8) is 0 Å². The van der Waals surface area contributed by atoms with Gasteiger partial charge in [-0.1, -0.05) is 0 Å². The number of rotatable bonds is 9. The van der Waals surface area contributed by atoms with Gasteiger partial charge in [0.15, 0.2) is 0 Å². The van der Waals surface area contributed by atoms with Gasteiger partial charge in [0.1, 0.15) is 6.04 Å². The van der Waals surface area contributed by atoms with Crippen LogP contribution in [0.25, 0.3) is 0 Å². The first kappa shape index (κ1) is 32.1. The molecule has 0 aromatic carbocycles. The summed E-state index contributed by atoms with van der Waals surface area (Å²) in [6.45, 7) is 1.03. The van der Waals surface area contributed by atoms with E-state index in [0.29, 0.717) is 0 Å². The van der Waals surface area contributed by atoms with Crippen LogP contribution in [0.4, 0.5) is 0 Å². The molecule has 2 N–H and O–H groups in total. The summed E-state index contributed by atoms with van der Waals surface area (Å²) in [6.07, 6.45) is -2.02. The number of amides is 2. The topological polar surface area (TPSA) is 179 Å². The van der Waals surface area contributed by atoms with Crippen LogP contribution in [0.3, 0.4) is 0 Å². The molecule has 13 heteroatoms. The zero-order valence-electron chi connectivity index (χ0n) is 14.0. The summed E-state index contributed by atoms with van der Waals surface area (Å²) < 4.78 is 0. The summed E-state index contributed by atoms with van der Waals surface area (Å²) in [5.41, 5.74) is 0. The number of hydrogen-bond acceptors (Lipinski definition) is 8. The maximum absolute atomic E-state index is 11.7. The van der Waals surface area contributed by atoms with Gasteiger partial charge in [-0.25, -0.2) is 0 Å². The quantitative estimate of drug-likeness (QED) is 0.375. The zero-order valence-corrected chi connectivity index (χ0v) is 20.0. The summed E-state index contributed by atoms with van der Waals surface area (Å²) in [4.78, 5) is 54.0. The van der Waals surface area contributed by atoms with E-state index < -0.39 is 61.1 Å². The molecule has 0 unspecified atom stereocenters. The molecule has 0 aliphatic heterocycles. The van der Waals surface area contributed by atoms with Gasteiger partial charge in [-0.3, -0.25) is 9.59 Å². The molecule has 0 saturated heterocycles. The van der Waals surface area contributed by atoms with E-state index in [0.717, 1.165) is 6.92 Å². The van der Waals surface area contributed by atoms with Gasteiger partial charge in [0, 0.05) is 25.3 Å². The summed E-state index contributed by atoms with van der Waals surface area (Å²) >= 11 is 0. The van der Waals surface area contributed by atoms with Crippen molar-refractivity contribution < 1.29 is 128 Å². The van der Waals surface area contributed by atoms with Crippen LogP contribution in [0.2, 0.25) is 0 Å². The molecule has 0 fully saturated rings. The van der Waals surface area contributed by atoms with Crippen LogP contribution in [-0.2, 0) is 24.0 Å². The minimum absolute atomic E-state index is 0. The number of carbonyl (C=O) groups is 5. The van der Waals surface area contributed by atoms with Crippen molar-refractivity contribution >= 4 is 29.7 Å². The summed E-state index contributed by atoms with van der Waals surface area (Å²) in [5, 5.41) is 35.4. The third-order valence-electron chi connectivity index (χ3n) is 2.30. The number of nitrogens with one attached hydrogen (secondary N) is 2. The van der Waals surface area contributed by atoms with E-state index in [9.17, 15) is 39.3 Å². The monoisotopic (exact) mass is 370 g/mol. The molecular weight excluding hydrogens is 357 g/mol. The second-order valence-corrected chi connectivity index (χ2v) is 4.12. The van der Waals surface area contributed by atoms with Crippen LogP contribution >= 0.6 is 0 Å². The molecule has 0 spiro atoms. The van der Waals surface area contributed by atoms with Crippen molar-refractivity contribution in [1.29, 1.82) is 0 Å². The summed E-state index contributed by atoms with van der Waals surface area (Å²) in [7, 11) is 0. The van der Waals surface area contributed by atoms with Crippen molar-refractivity contribution in [3.05, 3.63) is 0 Å². The van der Waals surface area contributed by atoms with Crippen LogP contribution in [0, 0.1) is 0 Å². The Labute approximate surface area is 204 Å². The number of aliphatic carboxylic acids is 3.